The van der Waals surface area contributed by atoms with Gasteiger partial charge in [-0.25, -0.2) is 4.79 Å². The molecule has 13 nitrogen and oxygen atoms in total. The zero-order valence-corrected chi connectivity index (χ0v) is 26.7. The number of benzene rings is 2. The highest BCUT2D eigenvalue weighted by atomic mass is 16.6. The molecule has 2 aromatic carbocycles. The Hall–Kier alpha value is -4.55. The minimum atomic E-state index is -0.460. The lowest BCUT2D eigenvalue weighted by Gasteiger charge is -2.39. The number of hydrogen-bond donors (Lipinski definition) is 1. The third-order valence-electron chi connectivity index (χ3n) is 7.62. The lowest BCUT2D eigenvalue weighted by atomic mass is 9.91. The highest BCUT2D eigenvalue weighted by molar-refractivity contribution is 5.97. The molecule has 0 unspecified atom stereocenters. The van der Waals surface area contributed by atoms with E-state index in [9.17, 15) is 14.4 Å². The highest BCUT2D eigenvalue weighted by Crippen LogP contribution is 2.39. The molecule has 1 fully saturated rings. The molecule has 242 valence electrons. The van der Waals surface area contributed by atoms with Crippen LogP contribution in [0.1, 0.15) is 41.0 Å². The van der Waals surface area contributed by atoms with Crippen LogP contribution in [-0.2, 0) is 4.74 Å². The van der Waals surface area contributed by atoms with E-state index in [1.807, 2.05) is 13.8 Å². The van der Waals surface area contributed by atoms with Crippen LogP contribution in [0.2, 0.25) is 0 Å². The average Bonchev–Trinajstić information content (AvgIpc) is 3.06. The molecule has 0 aromatic heterocycles. The first-order valence-corrected chi connectivity index (χ1v) is 14.3. The standard InChI is InChI=1S/C31H43N3O10/c1-9-33(10-2)31(37)44-18-21-17-34(30(36)20-15-25(40-5)28(43-8)26(16-20)41-6)12-11-22(21)32-29(35)19-13-23(38-3)27(42-7)24(14-19)39-4/h13-16,21-22H,9-12,17-18H2,1-8H3,(H,32,35)/t21-,22+/m1/s1. The van der Waals surface area contributed by atoms with Crippen molar-refractivity contribution in [3.05, 3.63) is 35.4 Å². The Bertz CT molecular complexity index is 1260. The normalized spacial score (nSPS) is 16.0. The Morgan fingerprint density at radius 1 is 0.773 bits per heavy atom. The summed E-state index contributed by atoms with van der Waals surface area (Å²) < 4.78 is 38.1. The molecule has 1 N–H and O–H groups in total. The fourth-order valence-corrected chi connectivity index (χ4v) is 5.18. The SMILES string of the molecule is CCN(CC)C(=O)OC[C@H]1CN(C(=O)c2cc(OC)c(OC)c(OC)c2)CC[C@@H]1NC(=O)c1cc(OC)c(OC)c(OC)c1. The maximum Gasteiger partial charge on any atom is 0.409 e. The second-order valence-electron chi connectivity index (χ2n) is 9.96. The number of rotatable bonds is 13. The topological polar surface area (TPSA) is 134 Å². The average molecular weight is 618 g/mol. The Balaban J connectivity index is 1.88. The van der Waals surface area contributed by atoms with Crippen molar-refractivity contribution in [2.45, 2.75) is 26.3 Å². The molecule has 13 heteroatoms. The van der Waals surface area contributed by atoms with E-state index >= 15 is 0 Å². The van der Waals surface area contributed by atoms with Gasteiger partial charge in [0.05, 0.1) is 49.3 Å². The molecular formula is C31H43N3O10. The summed E-state index contributed by atoms with van der Waals surface area (Å²) in [5.41, 5.74) is 0.646. The smallest absolute Gasteiger partial charge is 0.409 e. The molecule has 2 atom stereocenters. The van der Waals surface area contributed by atoms with Crippen LogP contribution in [0.15, 0.2) is 24.3 Å². The maximum absolute atomic E-state index is 13.7. The van der Waals surface area contributed by atoms with Crippen molar-refractivity contribution in [1.82, 2.24) is 15.1 Å². The van der Waals surface area contributed by atoms with Crippen molar-refractivity contribution in [2.24, 2.45) is 5.92 Å². The van der Waals surface area contributed by atoms with E-state index < -0.39 is 18.1 Å². The van der Waals surface area contributed by atoms with E-state index in [0.717, 1.165) is 0 Å². The fourth-order valence-electron chi connectivity index (χ4n) is 5.18. The highest BCUT2D eigenvalue weighted by Gasteiger charge is 2.35. The second kappa shape index (κ2) is 15.8. The van der Waals surface area contributed by atoms with Crippen LogP contribution in [0.3, 0.4) is 0 Å². The van der Waals surface area contributed by atoms with Gasteiger partial charge in [-0.05, 0) is 44.5 Å². The molecule has 0 bridgehead atoms. The number of amides is 3. The molecular weight excluding hydrogens is 574 g/mol. The molecule has 1 aliphatic rings. The number of hydrogen-bond acceptors (Lipinski definition) is 10. The van der Waals surface area contributed by atoms with Crippen molar-refractivity contribution < 1.29 is 47.5 Å². The van der Waals surface area contributed by atoms with Crippen molar-refractivity contribution in [1.29, 1.82) is 0 Å². The van der Waals surface area contributed by atoms with Crippen LogP contribution in [-0.4, -0.2) is 109 Å². The number of piperidine rings is 1. The van der Waals surface area contributed by atoms with E-state index in [1.54, 1.807) is 34.1 Å². The van der Waals surface area contributed by atoms with E-state index in [-0.39, 0.29) is 25.0 Å². The summed E-state index contributed by atoms with van der Waals surface area (Å²) >= 11 is 0. The van der Waals surface area contributed by atoms with Crippen LogP contribution in [0, 0.1) is 5.92 Å². The quantitative estimate of drug-likeness (QED) is 0.356. The number of ether oxygens (including phenoxy) is 7. The summed E-state index contributed by atoms with van der Waals surface area (Å²) in [6, 6.07) is 5.91. The van der Waals surface area contributed by atoms with Gasteiger partial charge in [0, 0.05) is 49.3 Å². The van der Waals surface area contributed by atoms with E-state index in [4.69, 9.17) is 33.2 Å². The monoisotopic (exact) mass is 617 g/mol. The molecule has 3 rings (SSSR count). The van der Waals surface area contributed by atoms with Crippen LogP contribution >= 0.6 is 0 Å². The van der Waals surface area contributed by atoms with Crippen LogP contribution < -0.4 is 33.7 Å². The predicted octanol–water partition coefficient (Wildman–Crippen LogP) is 3.48. The molecule has 3 amide bonds. The minimum absolute atomic E-state index is 0.00539. The van der Waals surface area contributed by atoms with Crippen molar-refractivity contribution in [3.8, 4) is 34.5 Å². The lowest BCUT2D eigenvalue weighted by molar-refractivity contribution is 0.0424. The summed E-state index contributed by atoms with van der Waals surface area (Å²) in [6.07, 6.45) is -0.0439. The second-order valence-corrected chi connectivity index (χ2v) is 9.96. The minimum Gasteiger partial charge on any atom is -0.493 e. The molecule has 1 aliphatic heterocycles. The molecule has 2 aromatic rings. The number of nitrogens with zero attached hydrogens (tertiary/aromatic N) is 2. The van der Waals surface area contributed by atoms with Gasteiger partial charge in [-0.3, -0.25) is 9.59 Å². The van der Waals surface area contributed by atoms with E-state index in [1.165, 1.54) is 42.7 Å². The Labute approximate surface area is 258 Å². The summed E-state index contributed by atoms with van der Waals surface area (Å²) in [5, 5.41) is 3.07. The summed E-state index contributed by atoms with van der Waals surface area (Å²) in [6.45, 7) is 5.28. The summed E-state index contributed by atoms with van der Waals surface area (Å²) in [4.78, 5) is 43.1. The first kappa shape index (κ1) is 33.9. The van der Waals surface area contributed by atoms with Gasteiger partial charge in [0.15, 0.2) is 23.0 Å². The number of carbonyl (C=O) groups excluding carboxylic acids is 3. The van der Waals surface area contributed by atoms with Crippen molar-refractivity contribution in [3.63, 3.8) is 0 Å². The first-order chi connectivity index (χ1) is 21.2. The Kier molecular flexibility index (Phi) is 12.2. The van der Waals surface area contributed by atoms with Crippen LogP contribution in [0.4, 0.5) is 4.79 Å². The molecule has 0 spiro atoms. The van der Waals surface area contributed by atoms with Crippen LogP contribution in [0.25, 0.3) is 0 Å². The van der Waals surface area contributed by atoms with Crippen LogP contribution in [0.5, 0.6) is 34.5 Å². The van der Waals surface area contributed by atoms with Crippen molar-refractivity contribution in [2.75, 3.05) is 75.4 Å². The Morgan fingerprint density at radius 2 is 1.25 bits per heavy atom. The van der Waals surface area contributed by atoms with Gasteiger partial charge in [0.2, 0.25) is 11.5 Å². The molecule has 0 aliphatic carbocycles. The lowest BCUT2D eigenvalue weighted by Crippen LogP contribution is -2.54. The van der Waals surface area contributed by atoms with Gasteiger partial charge in [0.25, 0.3) is 11.8 Å². The van der Waals surface area contributed by atoms with Crippen molar-refractivity contribution >= 4 is 17.9 Å². The number of likely N-dealkylation sites (tertiary alicyclic amines) is 1. The largest absolute Gasteiger partial charge is 0.493 e. The fraction of sp³-hybridized carbons (Fsp3) is 0.516. The van der Waals surface area contributed by atoms with E-state index in [2.05, 4.69) is 5.32 Å². The molecule has 0 saturated carbocycles. The van der Waals surface area contributed by atoms with Gasteiger partial charge in [-0.15, -0.1) is 0 Å². The molecule has 1 saturated heterocycles. The predicted molar refractivity (Wildman–Crippen MR) is 162 cm³/mol. The van der Waals surface area contributed by atoms with Gasteiger partial charge in [0.1, 0.15) is 0 Å². The first-order valence-electron chi connectivity index (χ1n) is 14.3. The summed E-state index contributed by atoms with van der Waals surface area (Å²) in [5.74, 6) is 1.09. The van der Waals surface area contributed by atoms with Gasteiger partial charge in [-0.2, -0.15) is 0 Å². The zero-order valence-electron chi connectivity index (χ0n) is 26.7. The Morgan fingerprint density at radius 3 is 1.68 bits per heavy atom. The van der Waals surface area contributed by atoms with Gasteiger partial charge in [-0.1, -0.05) is 0 Å². The molecule has 0 radical (unpaired) electrons. The zero-order chi connectivity index (χ0) is 32.4. The molecule has 1 heterocycles. The number of nitrogens with one attached hydrogen (secondary N) is 1. The third kappa shape index (κ3) is 7.50. The number of carbonyl (C=O) groups is 3. The summed E-state index contributed by atoms with van der Waals surface area (Å²) in [7, 11) is 8.88. The third-order valence-corrected chi connectivity index (χ3v) is 7.62. The number of methoxy groups -OCH3 is 6. The van der Waals surface area contributed by atoms with E-state index in [0.29, 0.717) is 71.7 Å². The maximum atomic E-state index is 13.7. The van der Waals surface area contributed by atoms with Gasteiger partial charge >= 0.3 is 6.09 Å². The molecule has 44 heavy (non-hydrogen) atoms. The van der Waals surface area contributed by atoms with Gasteiger partial charge < -0.3 is 48.3 Å².